The quantitative estimate of drug-likeness (QED) is 0.260. The summed E-state index contributed by atoms with van der Waals surface area (Å²) in [5, 5.41) is 16.4. The van der Waals surface area contributed by atoms with Crippen LogP contribution in [0, 0.1) is 11.8 Å². The van der Waals surface area contributed by atoms with E-state index in [4.69, 9.17) is 40.4 Å². The molecule has 0 fully saturated rings. The molecule has 3 aromatic rings. The van der Waals surface area contributed by atoms with Crippen LogP contribution in [0.3, 0.4) is 0 Å². The second kappa shape index (κ2) is 12.5. The van der Waals surface area contributed by atoms with Crippen molar-refractivity contribution in [3.05, 3.63) is 35.1 Å². The Bertz CT molecular complexity index is 1280. The first-order valence-corrected chi connectivity index (χ1v) is 11.7. The maximum Gasteiger partial charge on any atom is 0.231 e. The van der Waals surface area contributed by atoms with Gasteiger partial charge in [0.1, 0.15) is 31.0 Å². The van der Waals surface area contributed by atoms with E-state index in [1.54, 1.807) is 26.4 Å². The van der Waals surface area contributed by atoms with E-state index in [9.17, 15) is 0 Å². The minimum atomic E-state index is 0.0528. The van der Waals surface area contributed by atoms with Crippen LogP contribution >= 0.6 is 11.6 Å². The van der Waals surface area contributed by atoms with Gasteiger partial charge in [-0.1, -0.05) is 23.4 Å². The monoisotopic (exact) mass is 514 g/mol. The first-order chi connectivity index (χ1) is 17.7. The molecule has 0 saturated carbocycles. The number of rotatable bonds is 11. The maximum absolute atomic E-state index is 8.86. The third-order valence-corrected chi connectivity index (χ3v) is 5.54. The number of aliphatic hydroxyl groups is 1. The van der Waals surface area contributed by atoms with Crippen LogP contribution in [0.1, 0.15) is 12.0 Å². The van der Waals surface area contributed by atoms with Crippen molar-refractivity contribution in [1.29, 1.82) is 0 Å². The Morgan fingerprint density at radius 3 is 2.78 bits per heavy atom. The average molecular weight is 515 g/mol. The van der Waals surface area contributed by atoms with Crippen LogP contribution in [0.5, 0.6) is 23.0 Å². The first kappa shape index (κ1) is 25.6. The Labute approximate surface area is 213 Å². The standard InChI is InChI=1S/C25H27ClN4O6/c1-32-9-3-5-16-11-18(26)22(24-23(16)35-15-36-24)30-25-17-12-20(33-2)21(13-19(17)28-14-29-25)34-10-7-27-6-4-8-31/h11-14,27,31H,4,6-10,15H2,1-2H3,(H,28,29,30). The van der Waals surface area contributed by atoms with Gasteiger partial charge >= 0.3 is 0 Å². The van der Waals surface area contributed by atoms with Crippen molar-refractivity contribution in [2.45, 2.75) is 6.42 Å². The number of ether oxygens (including phenoxy) is 5. The van der Waals surface area contributed by atoms with Crippen LogP contribution in [0.4, 0.5) is 11.5 Å². The molecule has 0 spiro atoms. The second-order valence-corrected chi connectivity index (χ2v) is 8.03. The minimum absolute atomic E-state index is 0.0528. The zero-order valence-corrected chi connectivity index (χ0v) is 20.8. The van der Waals surface area contributed by atoms with Crippen LogP contribution in [0.25, 0.3) is 10.9 Å². The lowest BCUT2D eigenvalue weighted by molar-refractivity contribution is 0.174. The van der Waals surface area contributed by atoms with Crippen LogP contribution in [-0.2, 0) is 4.74 Å². The molecule has 1 aliphatic heterocycles. The van der Waals surface area contributed by atoms with Gasteiger partial charge in [0.2, 0.25) is 6.79 Å². The summed E-state index contributed by atoms with van der Waals surface area (Å²) in [6, 6.07) is 5.32. The maximum atomic E-state index is 8.86. The molecule has 0 amide bonds. The molecule has 0 radical (unpaired) electrons. The zero-order valence-electron chi connectivity index (χ0n) is 20.0. The Hall–Kier alpha value is -3.49. The molecule has 36 heavy (non-hydrogen) atoms. The van der Waals surface area contributed by atoms with Crippen molar-refractivity contribution in [2.24, 2.45) is 0 Å². The number of nitrogens with one attached hydrogen (secondary N) is 2. The van der Waals surface area contributed by atoms with Crippen molar-refractivity contribution in [1.82, 2.24) is 15.3 Å². The summed E-state index contributed by atoms with van der Waals surface area (Å²) in [6.07, 6.45) is 2.15. The Morgan fingerprint density at radius 1 is 1.11 bits per heavy atom. The normalized spacial score (nSPS) is 11.8. The average Bonchev–Trinajstić information content (AvgIpc) is 3.38. The van der Waals surface area contributed by atoms with Gasteiger partial charge in [0.25, 0.3) is 0 Å². The highest BCUT2D eigenvalue weighted by atomic mass is 35.5. The fourth-order valence-corrected chi connectivity index (χ4v) is 3.81. The number of aliphatic hydroxyl groups excluding tert-OH is 1. The van der Waals surface area contributed by atoms with E-state index in [0.717, 1.165) is 6.54 Å². The van der Waals surface area contributed by atoms with Gasteiger partial charge in [-0.25, -0.2) is 9.97 Å². The molecule has 2 aromatic carbocycles. The number of methoxy groups -OCH3 is 2. The lowest BCUT2D eigenvalue weighted by Gasteiger charge is -2.15. The topological polar surface area (TPSA) is 116 Å². The number of fused-ring (bicyclic) bond motifs is 2. The third-order valence-electron chi connectivity index (χ3n) is 5.25. The molecule has 0 bridgehead atoms. The minimum Gasteiger partial charge on any atom is -0.493 e. The highest BCUT2D eigenvalue weighted by molar-refractivity contribution is 6.34. The molecular formula is C25H27ClN4O6. The summed E-state index contributed by atoms with van der Waals surface area (Å²) in [6.45, 7) is 2.28. The Balaban J connectivity index is 1.61. The van der Waals surface area contributed by atoms with Crippen molar-refractivity contribution in [2.75, 3.05) is 59.2 Å². The van der Waals surface area contributed by atoms with Crippen molar-refractivity contribution >= 4 is 34.0 Å². The first-order valence-electron chi connectivity index (χ1n) is 11.3. The number of halogens is 1. The Kier molecular flexibility index (Phi) is 8.86. The largest absolute Gasteiger partial charge is 0.493 e. The number of hydrogen-bond acceptors (Lipinski definition) is 10. The van der Waals surface area contributed by atoms with Gasteiger partial charge in [-0.3, -0.25) is 0 Å². The number of nitrogens with zero attached hydrogens (tertiary/aromatic N) is 2. The number of hydrogen-bond donors (Lipinski definition) is 3. The summed E-state index contributed by atoms with van der Waals surface area (Å²) in [4.78, 5) is 8.80. The van der Waals surface area contributed by atoms with Gasteiger partial charge in [0.15, 0.2) is 23.0 Å². The van der Waals surface area contributed by atoms with Gasteiger partial charge in [-0.2, -0.15) is 0 Å². The van der Waals surface area contributed by atoms with E-state index in [-0.39, 0.29) is 20.0 Å². The molecule has 1 aromatic heterocycles. The molecule has 0 unspecified atom stereocenters. The van der Waals surface area contributed by atoms with Gasteiger partial charge in [0, 0.05) is 31.7 Å². The predicted octanol–water partition coefficient (Wildman–Crippen LogP) is 3.11. The van der Waals surface area contributed by atoms with E-state index >= 15 is 0 Å². The molecule has 1 aliphatic rings. The number of aromatic nitrogens is 2. The lowest BCUT2D eigenvalue weighted by atomic mass is 10.1. The molecule has 0 atom stereocenters. The molecule has 10 nitrogen and oxygen atoms in total. The van der Waals surface area contributed by atoms with Gasteiger partial charge in [-0.15, -0.1) is 0 Å². The van der Waals surface area contributed by atoms with Crippen LogP contribution < -0.4 is 29.6 Å². The summed E-state index contributed by atoms with van der Waals surface area (Å²) >= 11 is 6.61. The third kappa shape index (κ3) is 5.83. The van der Waals surface area contributed by atoms with Crippen molar-refractivity contribution < 1.29 is 28.8 Å². The van der Waals surface area contributed by atoms with Gasteiger partial charge < -0.3 is 39.4 Å². The van der Waals surface area contributed by atoms with Gasteiger partial charge in [-0.05, 0) is 25.1 Å². The fraction of sp³-hybridized carbons (Fsp3) is 0.360. The van der Waals surface area contributed by atoms with Crippen LogP contribution in [0.15, 0.2) is 24.5 Å². The van der Waals surface area contributed by atoms with E-state index in [0.29, 0.717) is 75.6 Å². The summed E-state index contributed by atoms with van der Waals surface area (Å²) < 4.78 is 27.8. The summed E-state index contributed by atoms with van der Waals surface area (Å²) in [5.74, 6) is 8.46. The SMILES string of the molecule is COCC#Cc1cc(Cl)c(Nc2ncnc3cc(OCCNCCCO)c(OC)cc23)c2c1OCO2. The second-order valence-electron chi connectivity index (χ2n) is 7.62. The zero-order chi connectivity index (χ0) is 25.3. The van der Waals surface area contributed by atoms with Crippen molar-refractivity contribution in [3.63, 3.8) is 0 Å². The van der Waals surface area contributed by atoms with E-state index in [1.807, 2.05) is 6.07 Å². The molecule has 3 N–H and O–H groups in total. The Morgan fingerprint density at radius 2 is 1.97 bits per heavy atom. The molecular weight excluding hydrogens is 488 g/mol. The number of anilines is 2. The summed E-state index contributed by atoms with van der Waals surface area (Å²) in [5.41, 5.74) is 1.77. The van der Waals surface area contributed by atoms with E-state index in [2.05, 4.69) is 32.4 Å². The molecule has 0 aliphatic carbocycles. The molecule has 0 saturated heterocycles. The highest BCUT2D eigenvalue weighted by Crippen LogP contribution is 2.47. The molecule has 4 rings (SSSR count). The molecule has 11 heteroatoms. The predicted molar refractivity (Wildman–Crippen MR) is 136 cm³/mol. The lowest BCUT2D eigenvalue weighted by Crippen LogP contribution is -2.22. The highest BCUT2D eigenvalue weighted by Gasteiger charge is 2.25. The summed E-state index contributed by atoms with van der Waals surface area (Å²) in [7, 11) is 3.15. The van der Waals surface area contributed by atoms with Crippen LogP contribution in [-0.4, -0.2) is 69.0 Å². The van der Waals surface area contributed by atoms with Crippen molar-refractivity contribution in [3.8, 4) is 34.8 Å². The fourth-order valence-electron chi connectivity index (χ4n) is 3.57. The molecule has 190 valence electrons. The van der Waals surface area contributed by atoms with Gasteiger partial charge in [0.05, 0.1) is 23.2 Å². The van der Waals surface area contributed by atoms with Crippen LogP contribution in [0.2, 0.25) is 5.02 Å². The van der Waals surface area contributed by atoms with E-state index in [1.165, 1.54) is 6.33 Å². The number of benzene rings is 2. The smallest absolute Gasteiger partial charge is 0.231 e. The van der Waals surface area contributed by atoms with E-state index < -0.39 is 0 Å². The molecule has 2 heterocycles.